The summed E-state index contributed by atoms with van der Waals surface area (Å²) in [6, 6.07) is 0. The molecule has 0 bridgehead atoms. The predicted molar refractivity (Wildman–Crippen MR) is 43.8 cm³/mol. The van der Waals surface area contributed by atoms with Crippen molar-refractivity contribution in [1.29, 1.82) is 0 Å². The minimum Gasteiger partial charge on any atom is -0.365 e. The first-order chi connectivity index (χ1) is 5.12. The molecule has 1 saturated heterocycles. The van der Waals surface area contributed by atoms with Gasteiger partial charge in [0.05, 0.1) is 20.1 Å². The number of rotatable bonds is 2. The van der Waals surface area contributed by atoms with E-state index in [9.17, 15) is 4.79 Å². The fourth-order valence-electron chi connectivity index (χ4n) is 1.81. The van der Waals surface area contributed by atoms with Crippen molar-refractivity contribution < 1.29 is 9.28 Å². The lowest BCUT2D eigenvalue weighted by Gasteiger charge is -2.36. The van der Waals surface area contributed by atoms with Crippen LogP contribution in [0.4, 0.5) is 0 Å². The van der Waals surface area contributed by atoms with Crippen LogP contribution >= 0.6 is 0 Å². The highest BCUT2D eigenvalue weighted by atomic mass is 16.1. The predicted octanol–water partition coefficient (Wildman–Crippen LogP) is 0.102. The smallest absolute Gasteiger partial charge is 0.272 e. The molecule has 1 amide bonds. The lowest BCUT2D eigenvalue weighted by molar-refractivity contribution is -0.906. The van der Waals surface area contributed by atoms with Gasteiger partial charge in [-0.1, -0.05) is 0 Å². The molecule has 1 rings (SSSR count). The van der Waals surface area contributed by atoms with Gasteiger partial charge >= 0.3 is 0 Å². The number of hydrogen-bond acceptors (Lipinski definition) is 1. The van der Waals surface area contributed by atoms with Gasteiger partial charge in [0.1, 0.15) is 0 Å². The van der Waals surface area contributed by atoms with Gasteiger partial charge in [-0.15, -0.1) is 0 Å². The molecule has 0 atom stereocenters. The highest BCUT2D eigenvalue weighted by molar-refractivity contribution is 5.74. The molecule has 2 N–H and O–H groups in total. The van der Waals surface area contributed by atoms with E-state index >= 15 is 0 Å². The molecule has 64 valence electrons. The average molecular weight is 157 g/mol. The Morgan fingerprint density at radius 1 is 1.36 bits per heavy atom. The summed E-state index contributed by atoms with van der Waals surface area (Å²) in [7, 11) is 2.12. The Kier molecular flexibility index (Phi) is 2.49. The third kappa shape index (κ3) is 2.50. The van der Waals surface area contributed by atoms with E-state index in [4.69, 9.17) is 5.73 Å². The standard InChI is InChI=1S/C8H16N2O/c1-10(7-8(9)11)5-3-2-4-6-10/h2-7H2,1H3,(H-,9,11)/p+1. The first-order valence-corrected chi connectivity index (χ1v) is 4.24. The lowest BCUT2D eigenvalue weighted by atomic mass is 10.1. The van der Waals surface area contributed by atoms with E-state index in [1.54, 1.807) is 0 Å². The summed E-state index contributed by atoms with van der Waals surface area (Å²) in [5.41, 5.74) is 5.15. The third-order valence-corrected chi connectivity index (χ3v) is 2.43. The summed E-state index contributed by atoms with van der Waals surface area (Å²) in [4.78, 5) is 10.7. The second kappa shape index (κ2) is 3.22. The molecular formula is C8H17N2O+. The number of likely N-dealkylation sites (tertiary alicyclic amines) is 1. The maximum Gasteiger partial charge on any atom is 0.272 e. The quantitative estimate of drug-likeness (QED) is 0.568. The summed E-state index contributed by atoms with van der Waals surface area (Å²) < 4.78 is 0.856. The zero-order valence-corrected chi connectivity index (χ0v) is 7.18. The molecule has 0 aliphatic carbocycles. The molecular weight excluding hydrogens is 140 g/mol. The van der Waals surface area contributed by atoms with Crippen LogP contribution in [-0.2, 0) is 4.79 Å². The van der Waals surface area contributed by atoms with E-state index in [0.717, 1.165) is 17.6 Å². The number of nitrogens with two attached hydrogens (primary N) is 1. The average Bonchev–Trinajstić information content (AvgIpc) is 1.85. The van der Waals surface area contributed by atoms with Gasteiger partial charge in [-0.3, -0.25) is 4.79 Å². The van der Waals surface area contributed by atoms with Crippen molar-refractivity contribution in [2.24, 2.45) is 5.73 Å². The van der Waals surface area contributed by atoms with Crippen molar-refractivity contribution in [3.05, 3.63) is 0 Å². The molecule has 0 saturated carbocycles. The van der Waals surface area contributed by atoms with Crippen molar-refractivity contribution in [3.8, 4) is 0 Å². The number of quaternary nitrogens is 1. The molecule has 0 unspecified atom stereocenters. The van der Waals surface area contributed by atoms with E-state index in [-0.39, 0.29) is 5.91 Å². The topological polar surface area (TPSA) is 43.1 Å². The maximum atomic E-state index is 10.7. The number of carbonyl (C=O) groups excluding carboxylic acids is 1. The van der Waals surface area contributed by atoms with Crippen LogP contribution in [-0.4, -0.2) is 37.1 Å². The van der Waals surface area contributed by atoms with Gasteiger partial charge < -0.3 is 10.2 Å². The van der Waals surface area contributed by atoms with Crippen molar-refractivity contribution in [2.45, 2.75) is 19.3 Å². The van der Waals surface area contributed by atoms with Crippen LogP contribution in [0.3, 0.4) is 0 Å². The van der Waals surface area contributed by atoms with Crippen LogP contribution in [0.1, 0.15) is 19.3 Å². The minimum absolute atomic E-state index is 0.172. The van der Waals surface area contributed by atoms with Gasteiger partial charge in [0, 0.05) is 0 Å². The van der Waals surface area contributed by atoms with Gasteiger partial charge in [0.25, 0.3) is 5.91 Å². The summed E-state index contributed by atoms with van der Waals surface area (Å²) in [5, 5.41) is 0. The summed E-state index contributed by atoms with van der Waals surface area (Å²) in [6.45, 7) is 2.74. The van der Waals surface area contributed by atoms with Crippen molar-refractivity contribution in [1.82, 2.24) is 0 Å². The molecule has 1 aliphatic heterocycles. The molecule has 0 spiro atoms. The zero-order chi connectivity index (χ0) is 8.32. The molecule has 1 aliphatic rings. The monoisotopic (exact) mass is 157 g/mol. The van der Waals surface area contributed by atoms with E-state index in [1.807, 2.05) is 0 Å². The molecule has 0 aromatic rings. The Labute approximate surface area is 67.8 Å². The Morgan fingerprint density at radius 2 is 1.91 bits per heavy atom. The largest absolute Gasteiger partial charge is 0.365 e. The summed E-state index contributed by atoms with van der Waals surface area (Å²) in [6.07, 6.45) is 3.79. The van der Waals surface area contributed by atoms with Gasteiger partial charge in [-0.05, 0) is 19.3 Å². The van der Waals surface area contributed by atoms with E-state index in [0.29, 0.717) is 6.54 Å². The molecule has 3 heteroatoms. The molecule has 0 aromatic carbocycles. The summed E-state index contributed by atoms with van der Waals surface area (Å²) in [5.74, 6) is -0.172. The van der Waals surface area contributed by atoms with Gasteiger partial charge in [0.15, 0.2) is 6.54 Å². The first-order valence-electron chi connectivity index (χ1n) is 4.24. The van der Waals surface area contributed by atoms with Crippen LogP contribution < -0.4 is 5.73 Å². The molecule has 3 nitrogen and oxygen atoms in total. The lowest BCUT2D eigenvalue weighted by Crippen LogP contribution is -2.52. The van der Waals surface area contributed by atoms with E-state index < -0.39 is 0 Å². The van der Waals surface area contributed by atoms with Crippen LogP contribution in [0.15, 0.2) is 0 Å². The second-order valence-corrected chi connectivity index (χ2v) is 3.75. The number of piperidine rings is 1. The number of carbonyl (C=O) groups is 1. The van der Waals surface area contributed by atoms with Crippen LogP contribution in [0.5, 0.6) is 0 Å². The van der Waals surface area contributed by atoms with Crippen molar-refractivity contribution in [2.75, 3.05) is 26.7 Å². The molecule has 0 aromatic heterocycles. The minimum atomic E-state index is -0.172. The number of likely N-dealkylation sites (N-methyl/N-ethyl adjacent to an activating group) is 1. The SMILES string of the molecule is C[N+]1(CC(N)=O)CCCCC1. The number of primary amides is 1. The van der Waals surface area contributed by atoms with Gasteiger partial charge in [-0.2, -0.15) is 0 Å². The van der Waals surface area contributed by atoms with Crippen LogP contribution in [0.2, 0.25) is 0 Å². The first kappa shape index (κ1) is 8.53. The Hall–Kier alpha value is -0.570. The molecule has 1 heterocycles. The molecule has 0 radical (unpaired) electrons. The zero-order valence-electron chi connectivity index (χ0n) is 7.18. The third-order valence-electron chi connectivity index (χ3n) is 2.43. The van der Waals surface area contributed by atoms with Crippen molar-refractivity contribution in [3.63, 3.8) is 0 Å². The van der Waals surface area contributed by atoms with Gasteiger partial charge in [0.2, 0.25) is 0 Å². The number of hydrogen-bond donors (Lipinski definition) is 1. The molecule has 1 fully saturated rings. The highest BCUT2D eigenvalue weighted by Crippen LogP contribution is 2.14. The molecule has 11 heavy (non-hydrogen) atoms. The summed E-state index contributed by atoms with van der Waals surface area (Å²) >= 11 is 0. The van der Waals surface area contributed by atoms with E-state index in [1.165, 1.54) is 19.3 Å². The Bertz CT molecular complexity index is 150. The normalized spacial score (nSPS) is 23.0. The highest BCUT2D eigenvalue weighted by Gasteiger charge is 2.26. The second-order valence-electron chi connectivity index (χ2n) is 3.75. The number of amides is 1. The Balaban J connectivity index is 2.43. The maximum absolute atomic E-state index is 10.7. The number of nitrogens with zero attached hydrogens (tertiary/aromatic N) is 1. The van der Waals surface area contributed by atoms with Gasteiger partial charge in [-0.25, -0.2) is 0 Å². The van der Waals surface area contributed by atoms with E-state index in [2.05, 4.69) is 7.05 Å². The van der Waals surface area contributed by atoms with Crippen LogP contribution in [0, 0.1) is 0 Å². The van der Waals surface area contributed by atoms with Crippen LogP contribution in [0.25, 0.3) is 0 Å². The Morgan fingerprint density at radius 3 is 2.36 bits per heavy atom. The fourth-order valence-corrected chi connectivity index (χ4v) is 1.81. The fraction of sp³-hybridized carbons (Fsp3) is 0.875. The van der Waals surface area contributed by atoms with Crippen molar-refractivity contribution >= 4 is 5.91 Å².